The lowest BCUT2D eigenvalue weighted by atomic mass is 10.1. The third-order valence-electron chi connectivity index (χ3n) is 4.39. The number of aliphatic imine (C=N–C) groups is 1. The second-order valence-corrected chi connectivity index (χ2v) is 6.88. The molecule has 138 valence electrons. The van der Waals surface area contributed by atoms with Crippen LogP contribution >= 0.6 is 11.6 Å². The first kappa shape index (κ1) is 18.7. The van der Waals surface area contributed by atoms with Gasteiger partial charge in [0.05, 0.1) is 30.3 Å². The minimum absolute atomic E-state index is 0.224. The van der Waals surface area contributed by atoms with Crippen molar-refractivity contribution >= 4 is 29.3 Å². The van der Waals surface area contributed by atoms with Crippen molar-refractivity contribution in [1.29, 1.82) is 0 Å². The van der Waals surface area contributed by atoms with E-state index in [0.29, 0.717) is 11.6 Å². The Morgan fingerprint density at radius 1 is 1.27 bits per heavy atom. The molecule has 0 radical (unpaired) electrons. The highest BCUT2D eigenvalue weighted by Crippen LogP contribution is 2.33. The van der Waals surface area contributed by atoms with E-state index in [1.54, 1.807) is 12.1 Å². The van der Waals surface area contributed by atoms with Crippen molar-refractivity contribution in [3.63, 3.8) is 0 Å². The second kappa shape index (κ2) is 8.52. The Morgan fingerprint density at radius 2 is 2.04 bits per heavy atom. The molecule has 1 fully saturated rings. The molecule has 1 saturated heterocycles. The summed E-state index contributed by atoms with van der Waals surface area (Å²) in [6.45, 7) is 5.76. The van der Waals surface area contributed by atoms with Crippen LogP contribution in [-0.4, -0.2) is 44.6 Å². The maximum Gasteiger partial charge on any atom is 0.123 e. The van der Waals surface area contributed by atoms with Crippen LogP contribution in [-0.2, 0) is 11.3 Å². The van der Waals surface area contributed by atoms with E-state index in [-0.39, 0.29) is 5.82 Å². The maximum atomic E-state index is 13.4. The number of nitrogens with zero attached hydrogens (tertiary/aromatic N) is 3. The van der Waals surface area contributed by atoms with E-state index >= 15 is 0 Å². The first-order chi connectivity index (χ1) is 12.5. The van der Waals surface area contributed by atoms with Crippen molar-refractivity contribution in [2.24, 2.45) is 4.99 Å². The molecule has 0 spiro atoms. The smallest absolute Gasteiger partial charge is 0.123 e. The van der Waals surface area contributed by atoms with Gasteiger partial charge >= 0.3 is 0 Å². The van der Waals surface area contributed by atoms with Gasteiger partial charge in [-0.15, -0.1) is 0 Å². The summed E-state index contributed by atoms with van der Waals surface area (Å²) in [5.41, 5.74) is 3.74. The number of benzene rings is 2. The third-order valence-corrected chi connectivity index (χ3v) is 4.69. The number of halogens is 2. The van der Waals surface area contributed by atoms with E-state index in [1.165, 1.54) is 6.07 Å². The van der Waals surface area contributed by atoms with Crippen molar-refractivity contribution in [1.82, 2.24) is 4.90 Å². The first-order valence-corrected chi connectivity index (χ1v) is 9.02. The highest BCUT2D eigenvalue weighted by Gasteiger charge is 2.11. The standard InChI is InChI=1S/C20H23ClFN3O/c1-15-10-19(23-14-25-6-8-26-9-7-25)18(21)12-20(15)24(2)13-16-4-3-5-17(22)11-16/h3-5,10-12,14H,6-9,13H2,1-2H3. The van der Waals surface area contributed by atoms with E-state index in [4.69, 9.17) is 16.3 Å². The van der Waals surface area contributed by atoms with Crippen LogP contribution in [0.25, 0.3) is 0 Å². The Kier molecular flexibility index (Phi) is 6.12. The summed E-state index contributed by atoms with van der Waals surface area (Å²) < 4.78 is 18.7. The molecule has 3 rings (SSSR count). The Balaban J connectivity index is 1.74. The van der Waals surface area contributed by atoms with Crippen molar-refractivity contribution in [3.8, 4) is 0 Å². The monoisotopic (exact) mass is 375 g/mol. The maximum absolute atomic E-state index is 13.4. The lowest BCUT2D eigenvalue weighted by Gasteiger charge is -2.24. The molecular formula is C20H23ClFN3O. The summed E-state index contributed by atoms with van der Waals surface area (Å²) in [5, 5.41) is 0.598. The van der Waals surface area contributed by atoms with Crippen molar-refractivity contribution in [2.75, 3.05) is 38.3 Å². The number of morpholine rings is 1. The van der Waals surface area contributed by atoms with Crippen LogP contribution in [0, 0.1) is 12.7 Å². The summed E-state index contributed by atoms with van der Waals surface area (Å²) in [5.74, 6) is -0.224. The fourth-order valence-electron chi connectivity index (χ4n) is 3.00. The second-order valence-electron chi connectivity index (χ2n) is 6.47. The van der Waals surface area contributed by atoms with Crippen LogP contribution in [0.5, 0.6) is 0 Å². The van der Waals surface area contributed by atoms with Gasteiger partial charge in [0.2, 0.25) is 0 Å². The zero-order chi connectivity index (χ0) is 18.5. The highest BCUT2D eigenvalue weighted by molar-refractivity contribution is 6.33. The molecule has 26 heavy (non-hydrogen) atoms. The van der Waals surface area contributed by atoms with Gasteiger partial charge < -0.3 is 14.5 Å². The third kappa shape index (κ3) is 4.74. The van der Waals surface area contributed by atoms with Crippen LogP contribution in [0.4, 0.5) is 15.8 Å². The fraction of sp³-hybridized carbons (Fsp3) is 0.350. The molecule has 1 aliphatic rings. The Bertz CT molecular complexity index is 791. The molecule has 0 aliphatic carbocycles. The molecule has 1 aliphatic heterocycles. The van der Waals surface area contributed by atoms with Crippen LogP contribution < -0.4 is 4.90 Å². The number of anilines is 1. The van der Waals surface area contributed by atoms with Crippen LogP contribution in [0.2, 0.25) is 5.02 Å². The average molecular weight is 376 g/mol. The van der Waals surface area contributed by atoms with Crippen LogP contribution in [0.1, 0.15) is 11.1 Å². The predicted molar refractivity (Wildman–Crippen MR) is 105 cm³/mol. The minimum Gasteiger partial charge on any atom is -0.378 e. The van der Waals surface area contributed by atoms with E-state index in [0.717, 1.165) is 48.8 Å². The van der Waals surface area contributed by atoms with Gasteiger partial charge in [-0.3, -0.25) is 0 Å². The largest absolute Gasteiger partial charge is 0.378 e. The number of aryl methyl sites for hydroxylation is 1. The zero-order valence-electron chi connectivity index (χ0n) is 15.1. The predicted octanol–water partition coefficient (Wildman–Crippen LogP) is 4.42. The molecule has 0 unspecified atom stereocenters. The summed E-state index contributed by atoms with van der Waals surface area (Å²) in [6.07, 6.45) is 1.83. The summed E-state index contributed by atoms with van der Waals surface area (Å²) >= 11 is 6.45. The molecule has 6 heteroatoms. The average Bonchev–Trinajstić information content (AvgIpc) is 2.63. The van der Waals surface area contributed by atoms with E-state index < -0.39 is 0 Å². The number of rotatable bonds is 5. The molecule has 0 atom stereocenters. The topological polar surface area (TPSA) is 28.1 Å². The molecule has 0 amide bonds. The van der Waals surface area contributed by atoms with Gasteiger partial charge in [0.15, 0.2) is 0 Å². The SMILES string of the molecule is Cc1cc(N=CN2CCOCC2)c(Cl)cc1N(C)Cc1cccc(F)c1. The summed E-state index contributed by atoms with van der Waals surface area (Å²) in [7, 11) is 1.97. The van der Waals surface area contributed by atoms with E-state index in [9.17, 15) is 4.39 Å². The molecule has 4 nitrogen and oxygen atoms in total. The van der Waals surface area contributed by atoms with Crippen LogP contribution in [0.15, 0.2) is 41.4 Å². The zero-order valence-corrected chi connectivity index (χ0v) is 15.8. The van der Waals surface area contributed by atoms with E-state index in [2.05, 4.69) is 14.8 Å². The van der Waals surface area contributed by atoms with Gasteiger partial charge in [-0.25, -0.2) is 9.38 Å². The van der Waals surface area contributed by atoms with Gasteiger partial charge in [-0.05, 0) is 42.3 Å². The molecule has 0 aromatic heterocycles. The Hall–Kier alpha value is -2.11. The molecule has 2 aromatic rings. The molecule has 2 aromatic carbocycles. The van der Waals surface area contributed by atoms with Crippen molar-refractivity contribution in [2.45, 2.75) is 13.5 Å². The van der Waals surface area contributed by atoms with Gasteiger partial charge in [0.25, 0.3) is 0 Å². The quantitative estimate of drug-likeness (QED) is 0.572. The molecule has 0 saturated carbocycles. The first-order valence-electron chi connectivity index (χ1n) is 8.64. The molecule has 0 bridgehead atoms. The Labute approximate surface area is 158 Å². The minimum atomic E-state index is -0.224. The lowest BCUT2D eigenvalue weighted by molar-refractivity contribution is 0.0701. The highest BCUT2D eigenvalue weighted by atomic mass is 35.5. The van der Waals surface area contributed by atoms with Crippen molar-refractivity contribution < 1.29 is 9.13 Å². The van der Waals surface area contributed by atoms with Gasteiger partial charge in [-0.1, -0.05) is 23.7 Å². The molecular weight excluding hydrogens is 353 g/mol. The van der Waals surface area contributed by atoms with Gasteiger partial charge in [0, 0.05) is 32.4 Å². The summed E-state index contributed by atoms with van der Waals surface area (Å²) in [4.78, 5) is 8.72. The van der Waals surface area contributed by atoms with Gasteiger partial charge in [0.1, 0.15) is 5.82 Å². The number of hydrogen-bond acceptors (Lipinski definition) is 3. The van der Waals surface area contributed by atoms with E-state index in [1.807, 2.05) is 38.5 Å². The van der Waals surface area contributed by atoms with Gasteiger partial charge in [-0.2, -0.15) is 0 Å². The lowest BCUT2D eigenvalue weighted by Crippen LogP contribution is -2.34. The van der Waals surface area contributed by atoms with Crippen molar-refractivity contribution in [3.05, 3.63) is 58.4 Å². The Morgan fingerprint density at radius 3 is 2.77 bits per heavy atom. The molecule has 0 N–H and O–H groups in total. The number of hydrogen-bond donors (Lipinski definition) is 0. The number of ether oxygens (including phenoxy) is 1. The fourth-order valence-corrected chi connectivity index (χ4v) is 3.20. The van der Waals surface area contributed by atoms with Crippen LogP contribution in [0.3, 0.4) is 0 Å². The normalized spacial score (nSPS) is 14.8. The summed E-state index contributed by atoms with van der Waals surface area (Å²) in [6, 6.07) is 10.5. The molecule has 1 heterocycles.